The Hall–Kier alpha value is -1.10. The average molecular weight is 359 g/mol. The summed E-state index contributed by atoms with van der Waals surface area (Å²) in [6.45, 7) is 0.758. The van der Waals surface area contributed by atoms with Crippen LogP contribution < -0.4 is 10.1 Å². The first kappa shape index (κ1) is 15.3. The lowest BCUT2D eigenvalue weighted by molar-refractivity contribution is 0.296. The minimum absolute atomic E-state index is 0.163. The van der Waals surface area contributed by atoms with E-state index in [9.17, 15) is 4.39 Å². The van der Waals surface area contributed by atoms with E-state index in [0.717, 1.165) is 5.56 Å². The lowest BCUT2D eigenvalue weighted by atomic mass is 10.2. The molecule has 0 aliphatic rings. The van der Waals surface area contributed by atoms with Gasteiger partial charge in [-0.3, -0.25) is 0 Å². The molecule has 2 aromatic rings. The number of hydrogen-bond acceptors (Lipinski definition) is 2. The molecule has 106 valence electrons. The molecule has 0 unspecified atom stereocenters. The Balaban J connectivity index is 2.16. The van der Waals surface area contributed by atoms with Gasteiger partial charge in [-0.1, -0.05) is 39.7 Å². The predicted octanol–water partition coefficient (Wildman–Crippen LogP) is 4.54. The van der Waals surface area contributed by atoms with Gasteiger partial charge in [-0.05, 0) is 31.3 Å². The monoisotopic (exact) mass is 357 g/mol. The van der Waals surface area contributed by atoms with Gasteiger partial charge in [-0.2, -0.15) is 0 Å². The van der Waals surface area contributed by atoms with E-state index in [1.807, 2.05) is 19.2 Å². The molecule has 0 saturated carbocycles. The normalized spacial score (nSPS) is 10.6. The summed E-state index contributed by atoms with van der Waals surface area (Å²) in [4.78, 5) is 0. The quantitative estimate of drug-likeness (QED) is 0.847. The molecule has 0 radical (unpaired) electrons. The average Bonchev–Trinajstić information content (AvgIpc) is 2.41. The van der Waals surface area contributed by atoms with Crippen LogP contribution in [-0.4, -0.2) is 7.05 Å². The molecule has 0 fully saturated rings. The van der Waals surface area contributed by atoms with Gasteiger partial charge in [0.15, 0.2) is 0 Å². The fourth-order valence-corrected chi connectivity index (χ4v) is 2.38. The fraction of sp³-hybridized carbons (Fsp3) is 0.200. The largest absolute Gasteiger partial charge is 0.488 e. The second-order valence-corrected chi connectivity index (χ2v) is 5.59. The highest BCUT2D eigenvalue weighted by atomic mass is 79.9. The Bertz CT molecular complexity index is 606. The van der Waals surface area contributed by atoms with Crippen molar-refractivity contribution in [3.05, 3.63) is 62.8 Å². The summed E-state index contributed by atoms with van der Waals surface area (Å²) in [6, 6.07) is 10.4. The maximum atomic E-state index is 13.7. The van der Waals surface area contributed by atoms with Gasteiger partial charge in [0.2, 0.25) is 0 Å². The van der Waals surface area contributed by atoms with Crippen LogP contribution in [-0.2, 0) is 13.2 Å². The van der Waals surface area contributed by atoms with Gasteiger partial charge in [0.1, 0.15) is 18.2 Å². The molecular weight excluding hydrogens is 345 g/mol. The molecule has 1 N–H and O–H groups in total. The van der Waals surface area contributed by atoms with Crippen molar-refractivity contribution in [1.82, 2.24) is 5.32 Å². The highest BCUT2D eigenvalue weighted by Crippen LogP contribution is 2.27. The predicted molar refractivity (Wildman–Crippen MR) is 82.6 cm³/mol. The van der Waals surface area contributed by atoms with E-state index in [2.05, 4.69) is 21.2 Å². The van der Waals surface area contributed by atoms with Gasteiger partial charge >= 0.3 is 0 Å². The minimum atomic E-state index is -0.295. The van der Waals surface area contributed by atoms with E-state index in [0.29, 0.717) is 27.4 Å². The molecule has 0 aliphatic heterocycles. The first-order valence-electron chi connectivity index (χ1n) is 6.10. The van der Waals surface area contributed by atoms with E-state index >= 15 is 0 Å². The van der Waals surface area contributed by atoms with Crippen molar-refractivity contribution in [3.63, 3.8) is 0 Å². The van der Waals surface area contributed by atoms with Crippen LogP contribution in [0.1, 0.15) is 11.1 Å². The molecule has 0 aliphatic carbocycles. The maximum absolute atomic E-state index is 13.7. The van der Waals surface area contributed by atoms with Crippen LogP contribution in [0.2, 0.25) is 5.02 Å². The molecule has 0 heterocycles. The third kappa shape index (κ3) is 3.72. The molecule has 2 aromatic carbocycles. The van der Waals surface area contributed by atoms with Crippen LogP contribution in [0.4, 0.5) is 4.39 Å². The van der Waals surface area contributed by atoms with Crippen molar-refractivity contribution in [2.24, 2.45) is 0 Å². The molecular formula is C15H14BrClFNO. The Morgan fingerprint density at radius 3 is 2.80 bits per heavy atom. The number of rotatable bonds is 5. The van der Waals surface area contributed by atoms with Crippen molar-refractivity contribution in [3.8, 4) is 5.75 Å². The third-order valence-electron chi connectivity index (χ3n) is 2.83. The lowest BCUT2D eigenvalue weighted by Crippen LogP contribution is -2.08. The first-order valence-corrected chi connectivity index (χ1v) is 7.27. The van der Waals surface area contributed by atoms with E-state index < -0.39 is 0 Å². The fourth-order valence-electron chi connectivity index (χ4n) is 1.82. The zero-order chi connectivity index (χ0) is 14.5. The summed E-state index contributed by atoms with van der Waals surface area (Å²) in [5, 5.41) is 3.67. The van der Waals surface area contributed by atoms with Gasteiger partial charge in [-0.15, -0.1) is 0 Å². The number of hydrogen-bond donors (Lipinski definition) is 1. The van der Waals surface area contributed by atoms with E-state index in [1.54, 1.807) is 18.2 Å². The van der Waals surface area contributed by atoms with Crippen molar-refractivity contribution < 1.29 is 9.13 Å². The minimum Gasteiger partial charge on any atom is -0.488 e. The van der Waals surface area contributed by atoms with E-state index in [1.165, 1.54) is 6.07 Å². The van der Waals surface area contributed by atoms with Crippen LogP contribution >= 0.6 is 27.5 Å². The van der Waals surface area contributed by atoms with Crippen LogP contribution in [0.15, 0.2) is 40.9 Å². The molecule has 0 spiro atoms. The van der Waals surface area contributed by atoms with Gasteiger partial charge in [0, 0.05) is 27.2 Å². The zero-order valence-corrected chi connectivity index (χ0v) is 13.3. The molecule has 0 amide bonds. The van der Waals surface area contributed by atoms with Crippen molar-refractivity contribution in [1.29, 1.82) is 0 Å². The van der Waals surface area contributed by atoms with Gasteiger partial charge in [0.05, 0.1) is 0 Å². The molecule has 5 heteroatoms. The van der Waals surface area contributed by atoms with Crippen LogP contribution in [0.5, 0.6) is 5.75 Å². The van der Waals surface area contributed by atoms with Crippen LogP contribution in [0.3, 0.4) is 0 Å². The number of benzene rings is 2. The Morgan fingerprint density at radius 2 is 2.10 bits per heavy atom. The Morgan fingerprint density at radius 1 is 1.30 bits per heavy atom. The van der Waals surface area contributed by atoms with Gasteiger partial charge in [0.25, 0.3) is 0 Å². The molecule has 0 aromatic heterocycles. The summed E-state index contributed by atoms with van der Waals surface area (Å²) in [7, 11) is 1.83. The molecule has 2 nitrogen and oxygen atoms in total. The summed E-state index contributed by atoms with van der Waals surface area (Å²) < 4.78 is 20.1. The second kappa shape index (κ2) is 7.07. The summed E-state index contributed by atoms with van der Waals surface area (Å²) in [5.74, 6) is 0.366. The standard InChI is InChI=1S/C15H14BrClFNO/c1-19-8-12-13(17)3-2-4-15(12)20-9-10-5-6-11(16)7-14(10)18/h2-7,19H,8-9H2,1H3. The summed E-state index contributed by atoms with van der Waals surface area (Å²) in [6.07, 6.45) is 0. The van der Waals surface area contributed by atoms with Crippen LogP contribution in [0.25, 0.3) is 0 Å². The van der Waals surface area contributed by atoms with Crippen molar-refractivity contribution >= 4 is 27.5 Å². The number of halogens is 3. The second-order valence-electron chi connectivity index (χ2n) is 4.27. The Labute approximate surface area is 131 Å². The first-order chi connectivity index (χ1) is 9.61. The van der Waals surface area contributed by atoms with Crippen molar-refractivity contribution in [2.45, 2.75) is 13.2 Å². The molecule has 2 rings (SSSR count). The summed E-state index contributed by atoms with van der Waals surface area (Å²) in [5.41, 5.74) is 1.37. The lowest BCUT2D eigenvalue weighted by Gasteiger charge is -2.13. The SMILES string of the molecule is CNCc1c(Cl)cccc1OCc1ccc(Br)cc1F. The van der Waals surface area contributed by atoms with Gasteiger partial charge in [-0.25, -0.2) is 4.39 Å². The number of nitrogens with one attached hydrogen (secondary N) is 1. The molecule has 20 heavy (non-hydrogen) atoms. The van der Waals surface area contributed by atoms with E-state index in [4.69, 9.17) is 16.3 Å². The van der Waals surface area contributed by atoms with Crippen molar-refractivity contribution in [2.75, 3.05) is 7.05 Å². The topological polar surface area (TPSA) is 21.3 Å². The van der Waals surface area contributed by atoms with Crippen LogP contribution in [0, 0.1) is 5.82 Å². The molecule has 0 bridgehead atoms. The summed E-state index contributed by atoms with van der Waals surface area (Å²) >= 11 is 9.37. The molecule has 0 saturated heterocycles. The molecule has 0 atom stereocenters. The smallest absolute Gasteiger partial charge is 0.130 e. The highest BCUT2D eigenvalue weighted by Gasteiger charge is 2.09. The van der Waals surface area contributed by atoms with E-state index in [-0.39, 0.29) is 12.4 Å². The number of ether oxygens (including phenoxy) is 1. The van der Waals surface area contributed by atoms with Gasteiger partial charge < -0.3 is 10.1 Å². The zero-order valence-electron chi connectivity index (χ0n) is 10.9. The Kier molecular flexibility index (Phi) is 5.40. The maximum Gasteiger partial charge on any atom is 0.130 e. The third-order valence-corrected chi connectivity index (χ3v) is 3.68. The highest BCUT2D eigenvalue weighted by molar-refractivity contribution is 9.10.